The van der Waals surface area contributed by atoms with Crippen LogP contribution in [-0.2, 0) is 35.3 Å². The number of hydrogen-bond acceptors (Lipinski definition) is 8. The van der Waals surface area contributed by atoms with E-state index in [2.05, 4.69) is 10.6 Å². The number of phenolic OH excluding ortho intramolecular Hbond substituents is 1. The second kappa shape index (κ2) is 12.2. The van der Waals surface area contributed by atoms with E-state index >= 15 is 0 Å². The predicted octanol–water partition coefficient (Wildman–Crippen LogP) is 1.61. The number of nitrogens with zero attached hydrogens (tertiary/aromatic N) is 2. The van der Waals surface area contributed by atoms with Crippen LogP contribution in [0.25, 0.3) is 0 Å². The fraction of sp³-hybridized carbons (Fsp3) is 0.433. The van der Waals surface area contributed by atoms with Gasteiger partial charge in [0.15, 0.2) is 0 Å². The number of benzene rings is 2. The van der Waals surface area contributed by atoms with Crippen molar-refractivity contribution in [1.82, 2.24) is 20.7 Å². The maximum absolute atomic E-state index is 13.8. The molecule has 0 aliphatic carbocycles. The van der Waals surface area contributed by atoms with Crippen molar-refractivity contribution in [2.75, 3.05) is 6.54 Å². The summed E-state index contributed by atoms with van der Waals surface area (Å²) in [6.07, 6.45) is -0.248. The number of fused-ring (bicyclic) bond motifs is 1. The van der Waals surface area contributed by atoms with Crippen LogP contribution in [-0.4, -0.2) is 75.7 Å². The molecule has 0 aromatic heterocycles. The van der Waals surface area contributed by atoms with Gasteiger partial charge in [0.1, 0.15) is 23.9 Å². The summed E-state index contributed by atoms with van der Waals surface area (Å²) in [5.74, 6) is -2.41. The fourth-order valence-corrected chi connectivity index (χ4v) is 5.57. The monoisotopic (exact) mass is 578 g/mol. The summed E-state index contributed by atoms with van der Waals surface area (Å²) in [5, 5.41) is 18.0. The number of ether oxygens (including phenoxy) is 2. The van der Waals surface area contributed by atoms with Crippen LogP contribution in [0.3, 0.4) is 0 Å². The van der Waals surface area contributed by atoms with Gasteiger partial charge in [0.25, 0.3) is 11.8 Å². The molecular weight excluding hydrogens is 544 g/mol. The zero-order valence-corrected chi connectivity index (χ0v) is 23.5. The lowest BCUT2D eigenvalue weighted by Gasteiger charge is -2.43. The minimum atomic E-state index is -1.05. The number of carbonyl (C=O) groups is 5. The molecule has 4 amide bonds. The van der Waals surface area contributed by atoms with Crippen molar-refractivity contribution in [1.29, 1.82) is 0 Å². The van der Waals surface area contributed by atoms with Gasteiger partial charge in [-0.3, -0.25) is 29.0 Å². The number of amides is 4. The van der Waals surface area contributed by atoms with E-state index in [1.807, 2.05) is 30.3 Å². The number of rotatable bonds is 7. The molecule has 222 valence electrons. The highest BCUT2D eigenvalue weighted by molar-refractivity contribution is 6.00. The summed E-state index contributed by atoms with van der Waals surface area (Å²) in [6.45, 7) is 3.77. The second-order valence-corrected chi connectivity index (χ2v) is 10.9. The van der Waals surface area contributed by atoms with Crippen molar-refractivity contribution >= 4 is 29.6 Å². The number of hydrogen-bond donors (Lipinski definition) is 3. The molecule has 2 aromatic carbocycles. The van der Waals surface area contributed by atoms with E-state index in [1.165, 1.54) is 17.1 Å². The Kier molecular flexibility index (Phi) is 8.44. The highest BCUT2D eigenvalue weighted by Gasteiger charge is 2.46. The Balaban J connectivity index is 1.30. The number of hydrazine groups is 1. The van der Waals surface area contributed by atoms with Crippen LogP contribution in [0.2, 0.25) is 0 Å². The van der Waals surface area contributed by atoms with Crippen LogP contribution in [0.5, 0.6) is 5.75 Å². The van der Waals surface area contributed by atoms with Crippen molar-refractivity contribution < 1.29 is 38.6 Å². The third-order valence-electron chi connectivity index (χ3n) is 7.77. The van der Waals surface area contributed by atoms with Crippen LogP contribution in [0.1, 0.15) is 59.2 Å². The average molecular weight is 579 g/mol. The van der Waals surface area contributed by atoms with E-state index < -0.39 is 48.1 Å². The summed E-state index contributed by atoms with van der Waals surface area (Å²) < 4.78 is 11.1. The van der Waals surface area contributed by atoms with Crippen LogP contribution in [0.4, 0.5) is 0 Å². The van der Waals surface area contributed by atoms with Gasteiger partial charge in [-0.2, -0.15) is 0 Å². The number of nitrogens with one attached hydrogen (secondary N) is 2. The fourth-order valence-electron chi connectivity index (χ4n) is 5.57. The molecule has 5 rings (SSSR count). The van der Waals surface area contributed by atoms with Crippen LogP contribution in [0.15, 0.2) is 42.5 Å². The minimum absolute atomic E-state index is 0.00945. The molecule has 3 N–H and O–H groups in total. The molecule has 3 fully saturated rings. The van der Waals surface area contributed by atoms with Crippen molar-refractivity contribution in [3.05, 3.63) is 64.7 Å². The zero-order valence-electron chi connectivity index (χ0n) is 23.5. The van der Waals surface area contributed by atoms with Gasteiger partial charge in [0.2, 0.25) is 18.1 Å². The first kappa shape index (κ1) is 29.1. The molecule has 3 heterocycles. The van der Waals surface area contributed by atoms with Crippen molar-refractivity contribution in [2.24, 2.45) is 0 Å². The molecular formula is C30H34N4O8. The predicted molar refractivity (Wildman–Crippen MR) is 147 cm³/mol. The summed E-state index contributed by atoms with van der Waals surface area (Å²) in [5.41, 5.74) is 2.17. The third-order valence-corrected chi connectivity index (χ3v) is 7.77. The number of esters is 1. The molecule has 4 unspecified atom stereocenters. The summed E-state index contributed by atoms with van der Waals surface area (Å²) in [4.78, 5) is 65.6. The Morgan fingerprint density at radius 1 is 1.05 bits per heavy atom. The van der Waals surface area contributed by atoms with Crippen molar-refractivity contribution in [3.8, 4) is 5.75 Å². The Morgan fingerprint density at radius 3 is 2.48 bits per heavy atom. The molecule has 0 saturated carbocycles. The molecule has 0 radical (unpaired) electrons. The van der Waals surface area contributed by atoms with Crippen LogP contribution < -0.4 is 10.6 Å². The van der Waals surface area contributed by atoms with Gasteiger partial charge >= 0.3 is 5.97 Å². The lowest BCUT2D eigenvalue weighted by Crippen LogP contribution is -2.64. The molecule has 12 nitrogen and oxygen atoms in total. The minimum Gasteiger partial charge on any atom is -0.507 e. The van der Waals surface area contributed by atoms with E-state index in [0.29, 0.717) is 17.5 Å². The van der Waals surface area contributed by atoms with E-state index in [0.717, 1.165) is 10.6 Å². The standard InChI is InChI=1S/C30H34N4O8/c1-17-13-20(14-18(2)26(17)37)27(38)31-21-10-11-24(35)33-12-6-9-23(34(33)29(21)40)28(39)32-22-15-25(36)42-30(22)41-16-19-7-4-3-5-8-19/h3-5,7-8,13-14,21-23,30,37H,6,9-12,15-16H2,1-2H3,(H,31,38)(H,32,39). The normalized spacial score (nSPS) is 24.1. The summed E-state index contributed by atoms with van der Waals surface area (Å²) >= 11 is 0. The maximum atomic E-state index is 13.8. The van der Waals surface area contributed by atoms with Gasteiger partial charge in [0, 0.05) is 18.5 Å². The number of cyclic esters (lactones) is 1. The molecule has 4 atom stereocenters. The van der Waals surface area contributed by atoms with E-state index in [4.69, 9.17) is 9.47 Å². The number of carbonyl (C=O) groups excluding carboxylic acids is 5. The number of aromatic hydroxyl groups is 1. The molecule has 2 aromatic rings. The van der Waals surface area contributed by atoms with Crippen LogP contribution in [0, 0.1) is 13.8 Å². The van der Waals surface area contributed by atoms with E-state index in [9.17, 15) is 29.1 Å². The van der Waals surface area contributed by atoms with Gasteiger partial charge in [0.05, 0.1) is 13.0 Å². The lowest BCUT2D eigenvalue weighted by atomic mass is 10.0. The lowest BCUT2D eigenvalue weighted by molar-refractivity contribution is -0.177. The van der Waals surface area contributed by atoms with Gasteiger partial charge in [-0.15, -0.1) is 0 Å². The quantitative estimate of drug-likeness (QED) is 0.419. The summed E-state index contributed by atoms with van der Waals surface area (Å²) in [6, 6.07) is 9.50. The molecule has 3 saturated heterocycles. The second-order valence-electron chi connectivity index (χ2n) is 10.9. The van der Waals surface area contributed by atoms with Gasteiger partial charge in [-0.25, -0.2) is 5.01 Å². The van der Waals surface area contributed by atoms with Gasteiger partial charge < -0.3 is 25.2 Å². The number of aryl methyl sites for hydroxylation is 2. The number of phenols is 1. The van der Waals surface area contributed by atoms with E-state index in [1.54, 1.807) is 13.8 Å². The SMILES string of the molecule is Cc1cc(C(=O)NC2CCC(=O)N3CCCC(C(=O)NC4CC(=O)OC4OCc4ccccc4)N3C2=O)cc(C)c1O. The van der Waals surface area contributed by atoms with Crippen molar-refractivity contribution in [3.63, 3.8) is 0 Å². The molecule has 0 bridgehead atoms. The first-order valence-corrected chi connectivity index (χ1v) is 14.0. The van der Waals surface area contributed by atoms with Gasteiger partial charge in [-0.1, -0.05) is 30.3 Å². The zero-order chi connectivity index (χ0) is 30.0. The van der Waals surface area contributed by atoms with Crippen molar-refractivity contribution in [2.45, 2.75) is 77.0 Å². The third kappa shape index (κ3) is 6.08. The molecule has 12 heteroatoms. The molecule has 3 aliphatic heterocycles. The molecule has 42 heavy (non-hydrogen) atoms. The first-order chi connectivity index (χ1) is 20.1. The molecule has 0 spiro atoms. The smallest absolute Gasteiger partial charge is 0.310 e. The Hall–Kier alpha value is -4.45. The highest BCUT2D eigenvalue weighted by Crippen LogP contribution is 2.27. The van der Waals surface area contributed by atoms with Crippen LogP contribution >= 0.6 is 0 Å². The topological polar surface area (TPSA) is 155 Å². The Labute approximate surface area is 242 Å². The average Bonchev–Trinajstić information content (AvgIpc) is 3.28. The molecule has 3 aliphatic rings. The largest absolute Gasteiger partial charge is 0.507 e. The van der Waals surface area contributed by atoms with Gasteiger partial charge in [-0.05, 0) is 61.9 Å². The Morgan fingerprint density at radius 2 is 1.76 bits per heavy atom. The maximum Gasteiger partial charge on any atom is 0.310 e. The summed E-state index contributed by atoms with van der Waals surface area (Å²) in [7, 11) is 0. The Bertz CT molecular complexity index is 1370. The first-order valence-electron chi connectivity index (χ1n) is 14.0. The van der Waals surface area contributed by atoms with E-state index in [-0.39, 0.29) is 56.1 Å². The highest BCUT2D eigenvalue weighted by atomic mass is 16.7.